The first-order valence-electron chi connectivity index (χ1n) is 5.43. The van der Waals surface area contributed by atoms with Crippen LogP contribution in [0.3, 0.4) is 0 Å². The number of aromatic nitrogens is 1. The predicted molar refractivity (Wildman–Crippen MR) is 71.9 cm³/mol. The second-order valence-electron chi connectivity index (χ2n) is 3.89. The summed E-state index contributed by atoms with van der Waals surface area (Å²) in [5, 5.41) is 9.62. The maximum Gasteiger partial charge on any atom is 0.328 e. The number of carbonyl (C=O) groups is 1. The van der Waals surface area contributed by atoms with Gasteiger partial charge in [-0.15, -0.1) is 0 Å². The average Bonchev–Trinajstić information content (AvgIpc) is 2.69. The Labute approximate surface area is 111 Å². The number of halogens is 2. The summed E-state index contributed by atoms with van der Waals surface area (Å²) in [5.74, 6) is -1.33. The van der Waals surface area contributed by atoms with E-state index in [9.17, 15) is 9.18 Å². The highest BCUT2D eigenvalue weighted by molar-refractivity contribution is 9.10. The van der Waals surface area contributed by atoms with Gasteiger partial charge in [-0.3, -0.25) is 0 Å². The fourth-order valence-electron chi connectivity index (χ4n) is 1.85. The average molecular weight is 312 g/mol. The topological polar surface area (TPSA) is 53.1 Å². The van der Waals surface area contributed by atoms with E-state index in [4.69, 9.17) is 5.11 Å². The van der Waals surface area contributed by atoms with Crippen molar-refractivity contribution >= 4 is 38.4 Å². The van der Waals surface area contributed by atoms with Crippen molar-refractivity contribution in [1.29, 1.82) is 0 Å². The summed E-state index contributed by atoms with van der Waals surface area (Å²) >= 11 is 3.29. The smallest absolute Gasteiger partial charge is 0.328 e. The molecule has 1 aromatic carbocycles. The summed E-state index contributed by atoms with van der Waals surface area (Å²) in [6.07, 6.45) is 1.74. The largest absolute Gasteiger partial charge is 0.478 e. The number of hydrogen-bond donors (Lipinski definition) is 2. The summed E-state index contributed by atoms with van der Waals surface area (Å²) in [4.78, 5) is 13.8. The number of carboxylic acids is 1. The van der Waals surface area contributed by atoms with E-state index < -0.39 is 5.97 Å². The maximum absolute atomic E-state index is 13.2. The molecule has 0 bridgehead atoms. The van der Waals surface area contributed by atoms with Gasteiger partial charge < -0.3 is 10.1 Å². The van der Waals surface area contributed by atoms with E-state index in [1.165, 1.54) is 12.1 Å². The molecule has 0 amide bonds. The standard InChI is InChI=1S/C13H11BrFNO2/c1-2-7(3-13(17)18)11-6-9-10(14)4-8(15)5-12(9)16-11/h3-6,16H,2H2,1H3,(H,17,18). The molecule has 5 heteroatoms. The van der Waals surface area contributed by atoms with Crippen molar-refractivity contribution in [3.63, 3.8) is 0 Å². The minimum Gasteiger partial charge on any atom is -0.478 e. The van der Waals surface area contributed by atoms with E-state index in [0.29, 0.717) is 27.7 Å². The zero-order valence-corrected chi connectivity index (χ0v) is 11.2. The summed E-state index contributed by atoms with van der Waals surface area (Å²) in [7, 11) is 0. The van der Waals surface area contributed by atoms with E-state index >= 15 is 0 Å². The van der Waals surface area contributed by atoms with Crippen molar-refractivity contribution in [2.24, 2.45) is 0 Å². The van der Waals surface area contributed by atoms with E-state index in [2.05, 4.69) is 20.9 Å². The molecular formula is C13H11BrFNO2. The van der Waals surface area contributed by atoms with E-state index in [1.54, 1.807) is 0 Å². The maximum atomic E-state index is 13.2. The van der Waals surface area contributed by atoms with Gasteiger partial charge in [0.1, 0.15) is 5.82 Å². The highest BCUT2D eigenvalue weighted by Gasteiger charge is 2.09. The third-order valence-electron chi connectivity index (χ3n) is 2.68. The van der Waals surface area contributed by atoms with Crippen LogP contribution < -0.4 is 0 Å². The molecule has 0 aliphatic heterocycles. The summed E-state index contributed by atoms with van der Waals surface area (Å²) in [6.45, 7) is 1.87. The predicted octanol–water partition coefficient (Wildman–Crippen LogP) is 3.95. The van der Waals surface area contributed by atoms with E-state index in [-0.39, 0.29) is 5.82 Å². The zero-order valence-electron chi connectivity index (χ0n) is 9.63. The number of fused-ring (bicyclic) bond motifs is 1. The third-order valence-corrected chi connectivity index (χ3v) is 3.33. The van der Waals surface area contributed by atoms with Gasteiger partial charge in [0.25, 0.3) is 0 Å². The molecule has 0 saturated heterocycles. The molecule has 0 atom stereocenters. The first-order valence-corrected chi connectivity index (χ1v) is 6.22. The molecule has 0 aliphatic carbocycles. The Kier molecular flexibility index (Phi) is 3.52. The molecule has 94 valence electrons. The van der Waals surface area contributed by atoms with Crippen molar-refractivity contribution in [2.45, 2.75) is 13.3 Å². The third kappa shape index (κ3) is 2.46. The zero-order chi connectivity index (χ0) is 13.3. The van der Waals surface area contributed by atoms with Crippen molar-refractivity contribution in [3.8, 4) is 0 Å². The highest BCUT2D eigenvalue weighted by atomic mass is 79.9. The molecule has 1 heterocycles. The number of allylic oxidation sites excluding steroid dienone is 1. The molecular weight excluding hydrogens is 301 g/mol. The van der Waals surface area contributed by atoms with Crippen molar-refractivity contribution in [1.82, 2.24) is 4.98 Å². The number of rotatable bonds is 3. The summed E-state index contributed by atoms with van der Waals surface area (Å²) < 4.78 is 13.9. The molecule has 0 radical (unpaired) electrons. The van der Waals surface area contributed by atoms with Gasteiger partial charge in [-0.2, -0.15) is 0 Å². The lowest BCUT2D eigenvalue weighted by atomic mass is 10.1. The quantitative estimate of drug-likeness (QED) is 0.843. The van der Waals surface area contributed by atoms with Crippen LogP contribution in [0.15, 0.2) is 28.7 Å². The van der Waals surface area contributed by atoms with Crippen molar-refractivity contribution in [3.05, 3.63) is 40.3 Å². The Morgan fingerprint density at radius 2 is 2.22 bits per heavy atom. The van der Waals surface area contributed by atoms with Gasteiger partial charge in [0.2, 0.25) is 0 Å². The number of aromatic amines is 1. The Morgan fingerprint density at radius 1 is 1.50 bits per heavy atom. The molecule has 0 fully saturated rings. The van der Waals surface area contributed by atoms with E-state index in [1.807, 2.05) is 13.0 Å². The lowest BCUT2D eigenvalue weighted by molar-refractivity contribution is -0.131. The van der Waals surface area contributed by atoms with Crippen LogP contribution in [0, 0.1) is 5.82 Å². The van der Waals surface area contributed by atoms with Crippen LogP contribution in [0.1, 0.15) is 19.0 Å². The molecule has 2 aromatic rings. The van der Waals surface area contributed by atoms with Gasteiger partial charge in [0.05, 0.1) is 0 Å². The van der Waals surface area contributed by atoms with Crippen LogP contribution in [0.4, 0.5) is 4.39 Å². The molecule has 0 saturated carbocycles. The second kappa shape index (κ2) is 4.94. The Balaban J connectivity index is 2.59. The molecule has 2 rings (SSSR count). The van der Waals surface area contributed by atoms with Gasteiger partial charge in [0.15, 0.2) is 0 Å². The number of hydrogen-bond acceptors (Lipinski definition) is 1. The minimum atomic E-state index is -0.990. The minimum absolute atomic E-state index is 0.344. The van der Waals surface area contributed by atoms with Crippen LogP contribution in [0.5, 0.6) is 0 Å². The van der Waals surface area contributed by atoms with Crippen LogP contribution >= 0.6 is 15.9 Å². The van der Waals surface area contributed by atoms with Gasteiger partial charge in [-0.1, -0.05) is 6.92 Å². The van der Waals surface area contributed by atoms with Crippen LogP contribution in [0.2, 0.25) is 0 Å². The fourth-order valence-corrected chi connectivity index (χ4v) is 2.40. The number of aliphatic carboxylic acids is 1. The van der Waals surface area contributed by atoms with Crippen LogP contribution in [-0.4, -0.2) is 16.1 Å². The van der Waals surface area contributed by atoms with Gasteiger partial charge in [0, 0.05) is 27.1 Å². The second-order valence-corrected chi connectivity index (χ2v) is 4.75. The summed E-state index contributed by atoms with van der Waals surface area (Å²) in [6, 6.07) is 4.58. The molecule has 18 heavy (non-hydrogen) atoms. The Hall–Kier alpha value is -1.62. The molecule has 1 aromatic heterocycles. The molecule has 0 spiro atoms. The number of benzene rings is 1. The number of H-pyrrole nitrogens is 1. The van der Waals surface area contributed by atoms with Crippen molar-refractivity contribution in [2.75, 3.05) is 0 Å². The van der Waals surface area contributed by atoms with Crippen LogP contribution in [-0.2, 0) is 4.79 Å². The number of carboxylic acid groups (broad SMARTS) is 1. The molecule has 0 unspecified atom stereocenters. The molecule has 2 N–H and O–H groups in total. The SMILES string of the molecule is CCC(=CC(=O)O)c1cc2c(Br)cc(F)cc2[nH]1. The normalized spacial score (nSPS) is 12.1. The number of nitrogens with one attached hydrogen (secondary N) is 1. The highest BCUT2D eigenvalue weighted by Crippen LogP contribution is 2.29. The van der Waals surface area contributed by atoms with Gasteiger partial charge in [-0.05, 0) is 46.1 Å². The monoisotopic (exact) mass is 311 g/mol. The first-order chi connectivity index (χ1) is 8.51. The Morgan fingerprint density at radius 3 is 2.83 bits per heavy atom. The lowest BCUT2D eigenvalue weighted by Gasteiger charge is -1.98. The lowest BCUT2D eigenvalue weighted by Crippen LogP contribution is -1.91. The molecule has 3 nitrogen and oxygen atoms in total. The first kappa shape index (κ1) is 12.8. The molecule has 0 aliphatic rings. The van der Waals surface area contributed by atoms with Crippen LogP contribution in [0.25, 0.3) is 16.5 Å². The Bertz CT molecular complexity index is 646. The van der Waals surface area contributed by atoms with Gasteiger partial charge in [-0.25, -0.2) is 9.18 Å². The fraction of sp³-hybridized carbons (Fsp3) is 0.154. The van der Waals surface area contributed by atoms with Gasteiger partial charge >= 0.3 is 5.97 Å². The van der Waals surface area contributed by atoms with Crippen molar-refractivity contribution < 1.29 is 14.3 Å². The summed E-state index contributed by atoms with van der Waals surface area (Å²) in [5.41, 5.74) is 2.01. The van der Waals surface area contributed by atoms with E-state index in [0.717, 1.165) is 11.5 Å².